The van der Waals surface area contributed by atoms with Crippen LogP contribution in [-0.4, -0.2) is 42.1 Å². The highest BCUT2D eigenvalue weighted by Crippen LogP contribution is 1.97. The summed E-state index contributed by atoms with van der Waals surface area (Å²) in [6.45, 7) is 4.41. The Morgan fingerprint density at radius 1 is 1.50 bits per heavy atom. The molecule has 0 heterocycles. The molecule has 0 rings (SSSR count). The molecule has 0 radical (unpaired) electrons. The largest absolute Gasteiger partial charge is 0.355 e. The van der Waals surface area contributed by atoms with Crippen molar-refractivity contribution in [1.82, 2.24) is 10.2 Å². The van der Waals surface area contributed by atoms with Gasteiger partial charge in [-0.15, -0.1) is 0 Å². The van der Waals surface area contributed by atoms with E-state index < -0.39 is 0 Å². The Morgan fingerprint density at radius 2 is 2.07 bits per heavy atom. The van der Waals surface area contributed by atoms with Crippen LogP contribution in [0.2, 0.25) is 0 Å². The lowest BCUT2D eigenvalue weighted by Crippen LogP contribution is -2.41. The van der Waals surface area contributed by atoms with Gasteiger partial charge in [-0.25, -0.2) is 0 Å². The van der Waals surface area contributed by atoms with Crippen LogP contribution in [0.25, 0.3) is 0 Å². The van der Waals surface area contributed by atoms with Gasteiger partial charge in [-0.2, -0.15) is 12.6 Å². The first-order valence-electron chi connectivity index (χ1n) is 4.68. The van der Waals surface area contributed by atoms with Gasteiger partial charge in [-0.1, -0.05) is 6.92 Å². The Morgan fingerprint density at radius 3 is 2.50 bits per heavy atom. The highest BCUT2D eigenvalue weighted by Gasteiger charge is 2.15. The van der Waals surface area contributed by atoms with Crippen LogP contribution in [0.15, 0.2) is 0 Å². The number of rotatable bonds is 5. The molecule has 1 unspecified atom stereocenters. The zero-order chi connectivity index (χ0) is 11.1. The van der Waals surface area contributed by atoms with E-state index in [4.69, 9.17) is 0 Å². The summed E-state index contributed by atoms with van der Waals surface area (Å²) in [6, 6.07) is 0. The zero-order valence-electron chi connectivity index (χ0n) is 8.91. The minimum absolute atomic E-state index is 0.101. The minimum atomic E-state index is -0.362. The molecule has 0 aromatic heterocycles. The average molecular weight is 218 g/mol. The van der Waals surface area contributed by atoms with Crippen molar-refractivity contribution in [2.45, 2.75) is 25.5 Å². The second-order valence-electron chi connectivity index (χ2n) is 3.22. The van der Waals surface area contributed by atoms with Crippen LogP contribution in [0.4, 0.5) is 0 Å². The van der Waals surface area contributed by atoms with Crippen LogP contribution in [0.1, 0.15) is 20.3 Å². The summed E-state index contributed by atoms with van der Waals surface area (Å²) in [5.74, 6) is -0.267. The van der Waals surface area contributed by atoms with Crippen LogP contribution in [0.5, 0.6) is 0 Å². The lowest BCUT2D eigenvalue weighted by molar-refractivity contribution is -0.134. The van der Waals surface area contributed by atoms with Crippen molar-refractivity contribution < 1.29 is 9.59 Å². The van der Waals surface area contributed by atoms with Crippen LogP contribution >= 0.6 is 12.6 Å². The van der Waals surface area contributed by atoms with Crippen molar-refractivity contribution in [3.05, 3.63) is 0 Å². The number of likely N-dealkylation sites (N-methyl/N-ethyl adjacent to an activating group) is 1. The number of nitrogens with one attached hydrogen (secondary N) is 1. The summed E-state index contributed by atoms with van der Waals surface area (Å²) in [5.41, 5.74) is 0. The van der Waals surface area contributed by atoms with E-state index in [1.165, 1.54) is 4.90 Å². The monoisotopic (exact) mass is 218 g/mol. The van der Waals surface area contributed by atoms with Gasteiger partial charge in [0.2, 0.25) is 11.8 Å². The van der Waals surface area contributed by atoms with E-state index >= 15 is 0 Å². The predicted octanol–water partition coefficient (Wildman–Crippen LogP) is 0.289. The van der Waals surface area contributed by atoms with Crippen LogP contribution < -0.4 is 5.32 Å². The lowest BCUT2D eigenvalue weighted by Gasteiger charge is -2.18. The first-order chi connectivity index (χ1) is 6.49. The van der Waals surface area contributed by atoms with Gasteiger partial charge in [0.05, 0.1) is 11.8 Å². The molecule has 0 aliphatic heterocycles. The predicted molar refractivity (Wildman–Crippen MR) is 59.4 cm³/mol. The molecular formula is C9H18N2O2S. The van der Waals surface area contributed by atoms with Gasteiger partial charge in [0.15, 0.2) is 0 Å². The fourth-order valence-electron chi connectivity index (χ4n) is 0.933. The molecule has 0 spiro atoms. The topological polar surface area (TPSA) is 49.4 Å². The summed E-state index contributed by atoms with van der Waals surface area (Å²) in [6.07, 6.45) is 0.895. The smallest absolute Gasteiger partial charge is 0.239 e. The van der Waals surface area contributed by atoms with E-state index in [9.17, 15) is 9.59 Å². The van der Waals surface area contributed by atoms with E-state index in [0.29, 0.717) is 6.54 Å². The van der Waals surface area contributed by atoms with Gasteiger partial charge >= 0.3 is 0 Å². The Kier molecular flexibility index (Phi) is 6.36. The highest BCUT2D eigenvalue weighted by molar-refractivity contribution is 7.81. The number of carbonyl (C=O) groups is 2. The summed E-state index contributed by atoms with van der Waals surface area (Å²) in [5, 5.41) is 2.34. The molecule has 0 saturated carbocycles. The molecule has 0 aromatic rings. The first-order valence-corrected chi connectivity index (χ1v) is 5.20. The maximum atomic E-state index is 11.3. The Hall–Kier alpha value is -0.710. The van der Waals surface area contributed by atoms with E-state index in [2.05, 4.69) is 17.9 Å². The van der Waals surface area contributed by atoms with E-state index in [0.717, 1.165) is 6.42 Å². The van der Waals surface area contributed by atoms with Crippen LogP contribution in [-0.2, 0) is 9.59 Å². The second-order valence-corrected chi connectivity index (χ2v) is 3.99. The van der Waals surface area contributed by atoms with Gasteiger partial charge in [0.1, 0.15) is 0 Å². The molecule has 0 aromatic carbocycles. The standard InChI is InChI=1S/C9H18N2O2S/c1-4-5-10-8(12)6-11(3)9(13)7(2)14/h7,14H,4-6H2,1-3H3,(H,10,12). The summed E-state index contributed by atoms with van der Waals surface area (Å²) < 4.78 is 0. The normalized spacial score (nSPS) is 12.0. The fourth-order valence-corrected chi connectivity index (χ4v) is 1.13. The molecule has 0 fully saturated rings. The number of hydrogen-bond acceptors (Lipinski definition) is 3. The third-order valence-electron chi connectivity index (χ3n) is 1.69. The lowest BCUT2D eigenvalue weighted by atomic mass is 10.4. The fraction of sp³-hybridized carbons (Fsp3) is 0.778. The van der Waals surface area contributed by atoms with Gasteiger partial charge < -0.3 is 10.2 Å². The second kappa shape index (κ2) is 6.70. The maximum absolute atomic E-state index is 11.3. The SMILES string of the molecule is CCCNC(=O)CN(C)C(=O)C(C)S. The first kappa shape index (κ1) is 13.3. The third-order valence-corrected chi connectivity index (χ3v) is 1.91. The minimum Gasteiger partial charge on any atom is -0.355 e. The molecule has 4 nitrogen and oxygen atoms in total. The van der Waals surface area contributed by atoms with Crippen molar-refractivity contribution in [1.29, 1.82) is 0 Å². The van der Waals surface area contributed by atoms with Crippen molar-refractivity contribution in [3.63, 3.8) is 0 Å². The number of hydrogen-bond donors (Lipinski definition) is 2. The molecular weight excluding hydrogens is 200 g/mol. The molecule has 5 heteroatoms. The Balaban J connectivity index is 3.87. The number of carbonyl (C=O) groups excluding carboxylic acids is 2. The van der Waals surface area contributed by atoms with E-state index in [1.54, 1.807) is 14.0 Å². The summed E-state index contributed by atoms with van der Waals surface area (Å²) >= 11 is 4.00. The van der Waals surface area contributed by atoms with Gasteiger partial charge in [0.25, 0.3) is 0 Å². The molecule has 1 N–H and O–H groups in total. The summed E-state index contributed by atoms with van der Waals surface area (Å²) in [4.78, 5) is 23.9. The van der Waals surface area contributed by atoms with Crippen LogP contribution in [0.3, 0.4) is 0 Å². The average Bonchev–Trinajstić information content (AvgIpc) is 2.13. The zero-order valence-corrected chi connectivity index (χ0v) is 9.80. The van der Waals surface area contributed by atoms with Gasteiger partial charge in [0, 0.05) is 13.6 Å². The van der Waals surface area contributed by atoms with Crippen molar-refractivity contribution in [2.24, 2.45) is 0 Å². The Bertz CT molecular complexity index is 207. The van der Waals surface area contributed by atoms with Crippen molar-refractivity contribution >= 4 is 24.4 Å². The van der Waals surface area contributed by atoms with Crippen LogP contribution in [0, 0.1) is 0 Å². The molecule has 2 amide bonds. The molecule has 0 aliphatic rings. The molecule has 14 heavy (non-hydrogen) atoms. The highest BCUT2D eigenvalue weighted by atomic mass is 32.1. The van der Waals surface area contributed by atoms with Gasteiger partial charge in [-0.05, 0) is 13.3 Å². The van der Waals surface area contributed by atoms with Crippen molar-refractivity contribution in [3.8, 4) is 0 Å². The quantitative estimate of drug-likeness (QED) is 0.652. The van der Waals surface area contributed by atoms with E-state index in [-0.39, 0.29) is 23.6 Å². The summed E-state index contributed by atoms with van der Waals surface area (Å²) in [7, 11) is 1.60. The molecule has 0 aliphatic carbocycles. The van der Waals surface area contributed by atoms with Crippen molar-refractivity contribution in [2.75, 3.05) is 20.1 Å². The Labute approximate surface area is 90.4 Å². The molecule has 0 bridgehead atoms. The van der Waals surface area contributed by atoms with E-state index in [1.807, 2.05) is 6.92 Å². The number of thiol groups is 1. The third kappa shape index (κ3) is 5.11. The molecule has 0 saturated heterocycles. The molecule has 1 atom stereocenters. The number of amides is 2. The maximum Gasteiger partial charge on any atom is 0.239 e. The van der Waals surface area contributed by atoms with Gasteiger partial charge in [-0.3, -0.25) is 9.59 Å². The molecule has 82 valence electrons. The number of nitrogens with zero attached hydrogens (tertiary/aromatic N) is 1.